The average Bonchev–Trinajstić information content (AvgIpc) is 2.33. The summed E-state index contributed by atoms with van der Waals surface area (Å²) in [4.78, 5) is 16.4. The molecule has 2 N–H and O–H groups in total. The topological polar surface area (TPSA) is 54.0 Å². The maximum atomic E-state index is 12.3. The Bertz CT molecular complexity index is 456. The van der Waals surface area contributed by atoms with E-state index in [4.69, 9.17) is 11.6 Å². The van der Waals surface area contributed by atoms with Gasteiger partial charge in [-0.15, -0.1) is 0 Å². The summed E-state index contributed by atoms with van der Waals surface area (Å²) in [6.45, 7) is 5.54. The molecule has 0 radical (unpaired) electrons. The molecule has 2 heterocycles. The van der Waals surface area contributed by atoms with Crippen LogP contribution in [0.1, 0.15) is 25.5 Å². The van der Waals surface area contributed by atoms with Crippen molar-refractivity contribution in [2.75, 3.05) is 18.4 Å². The quantitative estimate of drug-likeness (QED) is 0.809. The summed E-state index contributed by atoms with van der Waals surface area (Å²) in [6, 6.07) is 3.48. The molecule has 1 fully saturated rings. The molecule has 0 aromatic carbocycles. The third kappa shape index (κ3) is 2.82. The van der Waals surface area contributed by atoms with Crippen LogP contribution in [0.2, 0.25) is 5.15 Å². The van der Waals surface area contributed by atoms with E-state index in [1.165, 1.54) is 0 Å². The Morgan fingerprint density at radius 1 is 1.56 bits per heavy atom. The first-order chi connectivity index (χ1) is 8.51. The Hall–Kier alpha value is -1.13. The maximum Gasteiger partial charge on any atom is 0.231 e. The number of amides is 1. The number of anilines is 1. The van der Waals surface area contributed by atoms with E-state index in [9.17, 15) is 4.79 Å². The Morgan fingerprint density at radius 3 is 2.94 bits per heavy atom. The van der Waals surface area contributed by atoms with Crippen LogP contribution in [0.15, 0.2) is 12.1 Å². The van der Waals surface area contributed by atoms with Crippen molar-refractivity contribution in [3.63, 3.8) is 0 Å². The van der Waals surface area contributed by atoms with Crippen molar-refractivity contribution in [3.05, 3.63) is 23.0 Å². The Kier molecular flexibility index (Phi) is 3.88. The summed E-state index contributed by atoms with van der Waals surface area (Å²) in [7, 11) is 0. The Balaban J connectivity index is 2.11. The van der Waals surface area contributed by atoms with Gasteiger partial charge in [0.1, 0.15) is 5.15 Å². The van der Waals surface area contributed by atoms with Crippen LogP contribution in [0.5, 0.6) is 0 Å². The van der Waals surface area contributed by atoms with E-state index in [1.54, 1.807) is 12.1 Å². The molecule has 4 nitrogen and oxygen atoms in total. The summed E-state index contributed by atoms with van der Waals surface area (Å²) in [5.41, 5.74) is 1.13. The van der Waals surface area contributed by atoms with Gasteiger partial charge in [-0.2, -0.15) is 0 Å². The van der Waals surface area contributed by atoms with E-state index >= 15 is 0 Å². The second-order valence-corrected chi connectivity index (χ2v) is 5.45. The van der Waals surface area contributed by atoms with Crippen LogP contribution in [0.3, 0.4) is 0 Å². The molecular weight excluding hydrogens is 250 g/mol. The Morgan fingerprint density at radius 2 is 2.33 bits per heavy atom. The smallest absolute Gasteiger partial charge is 0.231 e. The number of carbonyl (C=O) groups is 1. The zero-order chi connectivity index (χ0) is 13.2. The highest BCUT2D eigenvalue weighted by molar-refractivity contribution is 6.29. The van der Waals surface area contributed by atoms with Crippen molar-refractivity contribution in [2.45, 2.75) is 26.7 Å². The van der Waals surface area contributed by atoms with Gasteiger partial charge in [-0.25, -0.2) is 4.98 Å². The summed E-state index contributed by atoms with van der Waals surface area (Å²) in [5, 5.41) is 6.66. The first-order valence-electron chi connectivity index (χ1n) is 6.17. The van der Waals surface area contributed by atoms with E-state index in [0.717, 1.165) is 37.3 Å². The minimum atomic E-state index is -0.343. The van der Waals surface area contributed by atoms with Gasteiger partial charge in [-0.05, 0) is 45.4 Å². The zero-order valence-electron chi connectivity index (χ0n) is 10.7. The number of piperidine rings is 1. The lowest BCUT2D eigenvalue weighted by Crippen LogP contribution is -2.46. The molecule has 1 aliphatic heterocycles. The minimum Gasteiger partial charge on any atom is -0.324 e. The molecule has 1 saturated heterocycles. The number of nitrogens with zero attached hydrogens (tertiary/aromatic N) is 1. The van der Waals surface area contributed by atoms with Gasteiger partial charge in [0, 0.05) is 6.54 Å². The van der Waals surface area contributed by atoms with Gasteiger partial charge in [0.2, 0.25) is 5.91 Å². The van der Waals surface area contributed by atoms with Gasteiger partial charge in [-0.1, -0.05) is 11.6 Å². The lowest BCUT2D eigenvalue weighted by atomic mass is 9.82. The summed E-state index contributed by atoms with van der Waals surface area (Å²) in [6.07, 6.45) is 1.94. The predicted molar refractivity (Wildman–Crippen MR) is 72.8 cm³/mol. The zero-order valence-corrected chi connectivity index (χ0v) is 11.5. The molecule has 1 aromatic heterocycles. The molecule has 0 aliphatic carbocycles. The van der Waals surface area contributed by atoms with Crippen LogP contribution in [0.25, 0.3) is 0 Å². The highest BCUT2D eigenvalue weighted by Gasteiger charge is 2.34. The number of nitrogens with one attached hydrogen (secondary N) is 2. The van der Waals surface area contributed by atoms with Gasteiger partial charge in [-0.3, -0.25) is 4.79 Å². The molecule has 1 atom stereocenters. The molecule has 18 heavy (non-hydrogen) atoms. The van der Waals surface area contributed by atoms with Crippen LogP contribution in [0, 0.1) is 12.3 Å². The van der Waals surface area contributed by atoms with E-state index in [-0.39, 0.29) is 11.3 Å². The van der Waals surface area contributed by atoms with Crippen LogP contribution >= 0.6 is 11.6 Å². The largest absolute Gasteiger partial charge is 0.324 e. The van der Waals surface area contributed by atoms with Gasteiger partial charge in [0.05, 0.1) is 16.8 Å². The van der Waals surface area contributed by atoms with Gasteiger partial charge in [0.25, 0.3) is 0 Å². The molecule has 98 valence electrons. The van der Waals surface area contributed by atoms with Crippen LogP contribution in [-0.4, -0.2) is 24.0 Å². The third-order valence-corrected chi connectivity index (χ3v) is 3.66. The average molecular weight is 268 g/mol. The number of pyridine rings is 1. The number of aromatic nitrogens is 1. The van der Waals surface area contributed by atoms with E-state index in [1.807, 2.05) is 13.8 Å². The fourth-order valence-electron chi connectivity index (χ4n) is 2.19. The second-order valence-electron chi connectivity index (χ2n) is 5.06. The van der Waals surface area contributed by atoms with Crippen molar-refractivity contribution in [2.24, 2.45) is 5.41 Å². The molecule has 1 aliphatic rings. The molecule has 5 heteroatoms. The van der Waals surface area contributed by atoms with Crippen LogP contribution in [0.4, 0.5) is 5.69 Å². The number of hydrogen-bond donors (Lipinski definition) is 2. The number of halogens is 1. The summed E-state index contributed by atoms with van der Waals surface area (Å²) >= 11 is 5.80. The first-order valence-corrected chi connectivity index (χ1v) is 6.54. The van der Waals surface area contributed by atoms with E-state index in [0.29, 0.717) is 5.15 Å². The summed E-state index contributed by atoms with van der Waals surface area (Å²) < 4.78 is 0. The highest BCUT2D eigenvalue weighted by Crippen LogP contribution is 2.28. The standard InChI is InChI=1S/C13H18ClN3O/c1-9-10(4-5-11(14)16-9)17-12(18)13(2)6-3-7-15-8-13/h4-5,15H,3,6-8H2,1-2H3,(H,17,18). The highest BCUT2D eigenvalue weighted by atomic mass is 35.5. The number of rotatable bonds is 2. The SMILES string of the molecule is Cc1nc(Cl)ccc1NC(=O)C1(C)CCCNC1. The fourth-order valence-corrected chi connectivity index (χ4v) is 2.38. The van der Waals surface area contributed by atoms with Crippen molar-refractivity contribution >= 4 is 23.2 Å². The van der Waals surface area contributed by atoms with E-state index < -0.39 is 0 Å². The number of hydrogen-bond acceptors (Lipinski definition) is 3. The molecular formula is C13H18ClN3O. The monoisotopic (exact) mass is 267 g/mol. The number of aryl methyl sites for hydroxylation is 1. The molecule has 0 saturated carbocycles. The molecule has 0 bridgehead atoms. The van der Waals surface area contributed by atoms with Crippen molar-refractivity contribution < 1.29 is 4.79 Å². The van der Waals surface area contributed by atoms with Gasteiger partial charge in [0.15, 0.2) is 0 Å². The molecule has 1 amide bonds. The normalized spacial score (nSPS) is 23.7. The van der Waals surface area contributed by atoms with Crippen LogP contribution < -0.4 is 10.6 Å². The molecule has 2 rings (SSSR count). The molecule has 0 spiro atoms. The number of carbonyl (C=O) groups excluding carboxylic acids is 1. The van der Waals surface area contributed by atoms with Gasteiger partial charge >= 0.3 is 0 Å². The summed E-state index contributed by atoms with van der Waals surface area (Å²) in [5.74, 6) is 0.0434. The predicted octanol–water partition coefficient (Wildman–Crippen LogP) is 2.37. The minimum absolute atomic E-state index is 0.0434. The lowest BCUT2D eigenvalue weighted by molar-refractivity contribution is -0.125. The van der Waals surface area contributed by atoms with E-state index in [2.05, 4.69) is 15.6 Å². The fraction of sp³-hybridized carbons (Fsp3) is 0.538. The van der Waals surface area contributed by atoms with Crippen molar-refractivity contribution in [3.8, 4) is 0 Å². The Labute approximate surface area is 112 Å². The lowest BCUT2D eigenvalue weighted by Gasteiger charge is -2.32. The second kappa shape index (κ2) is 5.24. The molecule has 1 aromatic rings. The van der Waals surface area contributed by atoms with Gasteiger partial charge < -0.3 is 10.6 Å². The first kappa shape index (κ1) is 13.3. The maximum absolute atomic E-state index is 12.3. The third-order valence-electron chi connectivity index (χ3n) is 3.45. The van der Waals surface area contributed by atoms with Crippen molar-refractivity contribution in [1.82, 2.24) is 10.3 Å². The molecule has 1 unspecified atom stereocenters. The van der Waals surface area contributed by atoms with Crippen LogP contribution in [-0.2, 0) is 4.79 Å². The van der Waals surface area contributed by atoms with Crippen molar-refractivity contribution in [1.29, 1.82) is 0 Å².